The van der Waals surface area contributed by atoms with E-state index in [0.29, 0.717) is 18.8 Å². The average Bonchev–Trinajstić information content (AvgIpc) is 2.46. The molecule has 0 spiro atoms. The van der Waals surface area contributed by atoms with Crippen LogP contribution < -0.4 is 5.32 Å². The highest BCUT2D eigenvalue weighted by molar-refractivity contribution is 4.73. The van der Waals surface area contributed by atoms with E-state index in [4.69, 9.17) is 9.84 Å². The van der Waals surface area contributed by atoms with E-state index >= 15 is 0 Å². The topological polar surface area (TPSA) is 44.8 Å². The van der Waals surface area contributed by atoms with Crippen molar-refractivity contribution in [2.24, 2.45) is 0 Å². The summed E-state index contributed by atoms with van der Waals surface area (Å²) in [5, 5.41) is 11.3. The third-order valence-electron chi connectivity index (χ3n) is 1.51. The fourth-order valence-corrected chi connectivity index (χ4v) is 0.589. The van der Waals surface area contributed by atoms with Gasteiger partial charge in [0, 0.05) is 6.54 Å². The molecule has 1 aliphatic rings. The Hall–Kier alpha value is -0.120. The molecule has 3 atom stereocenters. The Morgan fingerprint density at radius 3 is 1.82 bits per heavy atom. The second kappa shape index (κ2) is 5.52. The first-order valence-electron chi connectivity index (χ1n) is 4.06. The van der Waals surface area contributed by atoms with Crippen LogP contribution in [0.1, 0.15) is 20.8 Å². The van der Waals surface area contributed by atoms with Crippen molar-refractivity contribution in [2.75, 3.05) is 13.6 Å². The Kier molecular flexibility index (Phi) is 5.46. The van der Waals surface area contributed by atoms with Gasteiger partial charge < -0.3 is 15.2 Å². The fraction of sp³-hybridized carbons (Fsp3) is 1.00. The molecule has 0 aromatic carbocycles. The van der Waals surface area contributed by atoms with Crippen LogP contribution in [0, 0.1) is 0 Å². The molecule has 11 heavy (non-hydrogen) atoms. The normalized spacial score (nSPS) is 30.3. The molecule has 68 valence electrons. The second-order valence-corrected chi connectivity index (χ2v) is 2.95. The number of aliphatic hydroxyl groups is 1. The molecule has 0 bridgehead atoms. The molecule has 1 rings (SSSR count). The molecule has 0 amide bonds. The summed E-state index contributed by atoms with van der Waals surface area (Å²) >= 11 is 0. The number of aliphatic hydroxyl groups excluding tert-OH is 1. The highest BCUT2D eigenvalue weighted by atomic mass is 16.6. The van der Waals surface area contributed by atoms with Crippen LogP contribution in [0.5, 0.6) is 0 Å². The van der Waals surface area contributed by atoms with E-state index in [1.807, 2.05) is 7.05 Å². The van der Waals surface area contributed by atoms with Crippen LogP contribution in [0.15, 0.2) is 0 Å². The van der Waals surface area contributed by atoms with Gasteiger partial charge in [-0.15, -0.1) is 0 Å². The number of ether oxygens (including phenoxy) is 1. The average molecular weight is 161 g/mol. The lowest BCUT2D eigenvalue weighted by Gasteiger charge is -1.97. The van der Waals surface area contributed by atoms with E-state index < -0.39 is 0 Å². The second-order valence-electron chi connectivity index (χ2n) is 2.95. The van der Waals surface area contributed by atoms with Crippen molar-refractivity contribution in [2.45, 2.75) is 39.1 Å². The third-order valence-corrected chi connectivity index (χ3v) is 1.51. The fourth-order valence-electron chi connectivity index (χ4n) is 0.589. The summed E-state index contributed by atoms with van der Waals surface area (Å²) < 4.78 is 4.92. The molecule has 2 N–H and O–H groups in total. The maximum Gasteiger partial charge on any atom is 0.0811 e. The van der Waals surface area contributed by atoms with Crippen LogP contribution in [-0.2, 0) is 4.74 Å². The van der Waals surface area contributed by atoms with Crippen LogP contribution in [0.2, 0.25) is 0 Å². The summed E-state index contributed by atoms with van der Waals surface area (Å²) in [6.07, 6.45) is 0.889. The Morgan fingerprint density at radius 1 is 1.45 bits per heavy atom. The van der Waals surface area contributed by atoms with Crippen LogP contribution in [0.25, 0.3) is 0 Å². The zero-order chi connectivity index (χ0) is 8.85. The first-order valence-corrected chi connectivity index (χ1v) is 4.06. The van der Waals surface area contributed by atoms with E-state index in [1.165, 1.54) is 0 Å². The van der Waals surface area contributed by atoms with Crippen molar-refractivity contribution in [3.63, 3.8) is 0 Å². The van der Waals surface area contributed by atoms with Crippen molar-refractivity contribution in [1.29, 1.82) is 0 Å². The highest BCUT2D eigenvalue weighted by Gasteiger charge is 2.27. The Labute approximate surface area is 68.8 Å². The molecule has 0 radical (unpaired) electrons. The predicted octanol–water partition coefficient (Wildman–Crippen LogP) is 0.380. The summed E-state index contributed by atoms with van der Waals surface area (Å²) in [6, 6.07) is 0. The van der Waals surface area contributed by atoms with Gasteiger partial charge in [-0.1, -0.05) is 0 Å². The molecule has 1 aliphatic heterocycles. The molecule has 1 fully saturated rings. The first-order chi connectivity index (χ1) is 5.07. The van der Waals surface area contributed by atoms with Crippen LogP contribution >= 0.6 is 0 Å². The predicted molar refractivity (Wildman–Crippen MR) is 45.6 cm³/mol. The number of nitrogens with one attached hydrogen (secondary N) is 1. The van der Waals surface area contributed by atoms with Gasteiger partial charge in [0.15, 0.2) is 0 Å². The van der Waals surface area contributed by atoms with E-state index in [1.54, 1.807) is 6.92 Å². The number of hydrogen-bond donors (Lipinski definition) is 2. The quantitative estimate of drug-likeness (QED) is 0.575. The van der Waals surface area contributed by atoms with Crippen molar-refractivity contribution >= 4 is 0 Å². The minimum atomic E-state index is -0.213. The largest absolute Gasteiger partial charge is 0.392 e. The number of epoxide rings is 1. The van der Waals surface area contributed by atoms with Crippen molar-refractivity contribution in [3.05, 3.63) is 0 Å². The first kappa shape index (κ1) is 10.9. The van der Waals surface area contributed by atoms with Crippen LogP contribution in [-0.4, -0.2) is 37.0 Å². The van der Waals surface area contributed by atoms with Gasteiger partial charge in [0.05, 0.1) is 18.3 Å². The van der Waals surface area contributed by atoms with Crippen LogP contribution in [0.3, 0.4) is 0 Å². The summed E-state index contributed by atoms with van der Waals surface area (Å²) in [5.41, 5.74) is 0. The Bertz CT molecular complexity index is 90.1. The Morgan fingerprint density at radius 2 is 1.82 bits per heavy atom. The van der Waals surface area contributed by atoms with E-state index in [9.17, 15) is 0 Å². The highest BCUT2D eigenvalue weighted by Crippen LogP contribution is 2.18. The van der Waals surface area contributed by atoms with Gasteiger partial charge in [0.2, 0.25) is 0 Å². The molecule has 1 saturated heterocycles. The van der Waals surface area contributed by atoms with E-state index in [0.717, 1.165) is 0 Å². The van der Waals surface area contributed by atoms with Crippen molar-refractivity contribution < 1.29 is 9.84 Å². The van der Waals surface area contributed by atoms with Gasteiger partial charge in [0.25, 0.3) is 0 Å². The Balaban J connectivity index is 0.000000183. The number of likely N-dealkylation sites (N-methyl/N-ethyl adjacent to an activating group) is 1. The molecule has 3 nitrogen and oxygen atoms in total. The van der Waals surface area contributed by atoms with Gasteiger partial charge in [0.1, 0.15) is 0 Å². The summed E-state index contributed by atoms with van der Waals surface area (Å²) in [6.45, 7) is 6.58. The summed E-state index contributed by atoms with van der Waals surface area (Å²) in [7, 11) is 1.81. The number of hydrogen-bond acceptors (Lipinski definition) is 3. The smallest absolute Gasteiger partial charge is 0.0811 e. The standard InChI is InChI=1S/C4H11NO.C4H8O/c1-4(6)3-5-2;1-3-4(2)5-3/h4-6H,3H2,1-2H3;3-4H,1-2H3/t;3-,4-/m.0/s1. The molecular formula is C8H19NO2. The van der Waals surface area contributed by atoms with E-state index in [-0.39, 0.29) is 6.10 Å². The van der Waals surface area contributed by atoms with E-state index in [2.05, 4.69) is 19.2 Å². The third kappa shape index (κ3) is 7.78. The van der Waals surface area contributed by atoms with Gasteiger partial charge >= 0.3 is 0 Å². The molecule has 1 heterocycles. The maximum absolute atomic E-state index is 8.49. The lowest BCUT2D eigenvalue weighted by atomic mass is 10.4. The van der Waals surface area contributed by atoms with Crippen molar-refractivity contribution in [1.82, 2.24) is 5.32 Å². The minimum absolute atomic E-state index is 0.213. The summed E-state index contributed by atoms with van der Waals surface area (Å²) in [5.74, 6) is 0. The monoisotopic (exact) mass is 161 g/mol. The molecule has 3 heteroatoms. The lowest BCUT2D eigenvalue weighted by molar-refractivity contribution is 0.194. The molecule has 1 unspecified atom stereocenters. The molecule has 0 saturated carbocycles. The molecule has 0 aliphatic carbocycles. The minimum Gasteiger partial charge on any atom is -0.392 e. The van der Waals surface area contributed by atoms with Gasteiger partial charge in [-0.05, 0) is 27.8 Å². The van der Waals surface area contributed by atoms with Gasteiger partial charge in [-0.2, -0.15) is 0 Å². The zero-order valence-corrected chi connectivity index (χ0v) is 7.79. The maximum atomic E-state index is 8.49. The van der Waals surface area contributed by atoms with Crippen LogP contribution in [0.4, 0.5) is 0 Å². The van der Waals surface area contributed by atoms with Crippen molar-refractivity contribution in [3.8, 4) is 0 Å². The van der Waals surface area contributed by atoms with Gasteiger partial charge in [-0.25, -0.2) is 0 Å². The zero-order valence-electron chi connectivity index (χ0n) is 7.79. The molecule has 0 aromatic rings. The van der Waals surface area contributed by atoms with Gasteiger partial charge in [-0.3, -0.25) is 0 Å². The SMILES string of the molecule is CNCC(C)O.C[C@@H]1O[C@H]1C. The summed E-state index contributed by atoms with van der Waals surface area (Å²) in [4.78, 5) is 0. The number of rotatable bonds is 2. The molecular weight excluding hydrogens is 142 g/mol. The lowest BCUT2D eigenvalue weighted by Crippen LogP contribution is -2.19. The molecule has 0 aromatic heterocycles.